The van der Waals surface area contributed by atoms with E-state index in [2.05, 4.69) is 4.90 Å². The molecule has 5 heteroatoms. The van der Waals surface area contributed by atoms with Crippen LogP contribution in [0, 0.1) is 0 Å². The number of nitrogens with zero attached hydrogens (tertiary/aromatic N) is 1. The van der Waals surface area contributed by atoms with Gasteiger partial charge in [0, 0.05) is 26.7 Å². The monoisotopic (exact) mass is 219 g/mol. The normalized spacial score (nSPS) is 23.2. The first-order chi connectivity index (χ1) is 7.36. The van der Waals surface area contributed by atoms with Crippen LogP contribution in [0.25, 0.3) is 0 Å². The summed E-state index contributed by atoms with van der Waals surface area (Å²) in [6, 6.07) is 0. The van der Waals surface area contributed by atoms with Crippen LogP contribution in [0.1, 0.15) is 0 Å². The predicted octanol–water partition coefficient (Wildman–Crippen LogP) is -0.657. The van der Waals surface area contributed by atoms with Crippen LogP contribution >= 0.6 is 0 Å². The van der Waals surface area contributed by atoms with Gasteiger partial charge in [0.2, 0.25) is 0 Å². The molecule has 0 aromatic rings. The Labute approximate surface area is 90.9 Å². The van der Waals surface area contributed by atoms with Gasteiger partial charge in [-0.15, -0.1) is 0 Å². The Morgan fingerprint density at radius 3 is 3.00 bits per heavy atom. The molecule has 90 valence electrons. The standard InChI is InChI=1S/C10H21NO4/c1-13-6-7-14-4-2-11-3-5-15-10(8-11)9-12/h10,12H,2-9H2,1H3. The minimum atomic E-state index is -0.0299. The van der Waals surface area contributed by atoms with Crippen LogP contribution < -0.4 is 0 Å². The Morgan fingerprint density at radius 1 is 1.40 bits per heavy atom. The SMILES string of the molecule is COCCOCCN1CCOC(CO)C1. The second-order valence-electron chi connectivity index (χ2n) is 3.58. The molecule has 1 fully saturated rings. The highest BCUT2D eigenvalue weighted by atomic mass is 16.5. The van der Waals surface area contributed by atoms with Gasteiger partial charge in [-0.3, -0.25) is 4.90 Å². The van der Waals surface area contributed by atoms with Crippen molar-refractivity contribution in [2.24, 2.45) is 0 Å². The molecule has 1 N–H and O–H groups in total. The Morgan fingerprint density at radius 2 is 2.27 bits per heavy atom. The summed E-state index contributed by atoms with van der Waals surface area (Å²) < 4.78 is 15.6. The van der Waals surface area contributed by atoms with Gasteiger partial charge in [0.15, 0.2) is 0 Å². The summed E-state index contributed by atoms with van der Waals surface area (Å²) in [5, 5.41) is 8.95. The Bertz CT molecular complexity index is 156. The van der Waals surface area contributed by atoms with Crippen molar-refractivity contribution in [3.05, 3.63) is 0 Å². The molecule has 0 saturated carbocycles. The lowest BCUT2D eigenvalue weighted by Gasteiger charge is -2.31. The third-order valence-electron chi connectivity index (χ3n) is 2.41. The van der Waals surface area contributed by atoms with E-state index in [1.165, 1.54) is 0 Å². The summed E-state index contributed by atoms with van der Waals surface area (Å²) in [6.45, 7) is 5.40. The van der Waals surface area contributed by atoms with Crippen LogP contribution in [0.5, 0.6) is 0 Å². The zero-order valence-electron chi connectivity index (χ0n) is 9.35. The van der Waals surface area contributed by atoms with Crippen LogP contribution in [0.15, 0.2) is 0 Å². The van der Waals surface area contributed by atoms with Crippen molar-refractivity contribution < 1.29 is 19.3 Å². The van der Waals surface area contributed by atoms with Crippen LogP contribution in [0.4, 0.5) is 0 Å². The number of hydrogen-bond donors (Lipinski definition) is 1. The molecular formula is C10H21NO4. The Hall–Kier alpha value is -0.200. The van der Waals surface area contributed by atoms with Gasteiger partial charge in [-0.2, -0.15) is 0 Å². The lowest BCUT2D eigenvalue weighted by molar-refractivity contribution is -0.0590. The van der Waals surface area contributed by atoms with Crippen LogP contribution in [-0.2, 0) is 14.2 Å². The van der Waals surface area contributed by atoms with E-state index in [9.17, 15) is 0 Å². The summed E-state index contributed by atoms with van der Waals surface area (Å²) in [5.41, 5.74) is 0. The molecule has 0 aromatic carbocycles. The van der Waals surface area contributed by atoms with E-state index in [0.717, 1.165) is 19.6 Å². The van der Waals surface area contributed by atoms with Crippen molar-refractivity contribution in [1.82, 2.24) is 4.90 Å². The fourth-order valence-corrected chi connectivity index (χ4v) is 1.53. The van der Waals surface area contributed by atoms with E-state index in [1.54, 1.807) is 7.11 Å². The van der Waals surface area contributed by atoms with Gasteiger partial charge in [0.05, 0.1) is 39.1 Å². The number of rotatable bonds is 7. The van der Waals surface area contributed by atoms with E-state index < -0.39 is 0 Å². The summed E-state index contributed by atoms with van der Waals surface area (Å²) in [4.78, 5) is 2.25. The van der Waals surface area contributed by atoms with E-state index in [4.69, 9.17) is 19.3 Å². The minimum Gasteiger partial charge on any atom is -0.394 e. The third kappa shape index (κ3) is 5.44. The molecular weight excluding hydrogens is 198 g/mol. The van der Waals surface area contributed by atoms with Crippen molar-refractivity contribution in [1.29, 1.82) is 0 Å². The maximum atomic E-state index is 8.95. The molecule has 1 atom stereocenters. The van der Waals surface area contributed by atoms with E-state index in [-0.39, 0.29) is 12.7 Å². The van der Waals surface area contributed by atoms with Crippen LogP contribution in [0.2, 0.25) is 0 Å². The number of ether oxygens (including phenoxy) is 3. The summed E-state index contributed by atoms with van der Waals surface area (Å²) in [7, 11) is 1.66. The fourth-order valence-electron chi connectivity index (χ4n) is 1.53. The fraction of sp³-hybridized carbons (Fsp3) is 1.00. The van der Waals surface area contributed by atoms with Crippen molar-refractivity contribution in [3.8, 4) is 0 Å². The van der Waals surface area contributed by atoms with Crippen molar-refractivity contribution in [3.63, 3.8) is 0 Å². The molecule has 5 nitrogen and oxygen atoms in total. The molecule has 0 bridgehead atoms. The molecule has 0 aliphatic carbocycles. The molecule has 0 aromatic heterocycles. The van der Waals surface area contributed by atoms with Crippen molar-refractivity contribution in [2.75, 3.05) is 59.8 Å². The zero-order valence-corrected chi connectivity index (χ0v) is 9.35. The summed E-state index contributed by atoms with van der Waals surface area (Å²) >= 11 is 0. The Balaban J connectivity index is 2.00. The molecule has 1 aliphatic heterocycles. The highest BCUT2D eigenvalue weighted by Gasteiger charge is 2.18. The lowest BCUT2D eigenvalue weighted by Crippen LogP contribution is -2.45. The predicted molar refractivity (Wildman–Crippen MR) is 56.0 cm³/mol. The number of aliphatic hydroxyl groups is 1. The van der Waals surface area contributed by atoms with Crippen molar-refractivity contribution >= 4 is 0 Å². The van der Waals surface area contributed by atoms with Crippen LogP contribution in [-0.4, -0.2) is 75.9 Å². The molecule has 1 unspecified atom stereocenters. The first-order valence-corrected chi connectivity index (χ1v) is 5.38. The van der Waals surface area contributed by atoms with E-state index >= 15 is 0 Å². The smallest absolute Gasteiger partial charge is 0.0932 e. The molecule has 15 heavy (non-hydrogen) atoms. The third-order valence-corrected chi connectivity index (χ3v) is 2.41. The average molecular weight is 219 g/mol. The largest absolute Gasteiger partial charge is 0.394 e. The van der Waals surface area contributed by atoms with Gasteiger partial charge in [-0.1, -0.05) is 0 Å². The number of aliphatic hydroxyl groups excluding tert-OH is 1. The number of hydrogen-bond acceptors (Lipinski definition) is 5. The topological polar surface area (TPSA) is 51.2 Å². The highest BCUT2D eigenvalue weighted by molar-refractivity contribution is 4.70. The number of morpholine rings is 1. The number of methoxy groups -OCH3 is 1. The molecule has 1 heterocycles. The molecule has 0 spiro atoms. The first-order valence-electron chi connectivity index (χ1n) is 5.38. The molecule has 1 saturated heterocycles. The summed E-state index contributed by atoms with van der Waals surface area (Å²) in [5.74, 6) is 0. The van der Waals surface area contributed by atoms with Gasteiger partial charge < -0.3 is 19.3 Å². The maximum Gasteiger partial charge on any atom is 0.0932 e. The highest BCUT2D eigenvalue weighted by Crippen LogP contribution is 2.03. The second kappa shape index (κ2) is 8.01. The second-order valence-corrected chi connectivity index (χ2v) is 3.58. The van der Waals surface area contributed by atoms with Crippen LogP contribution in [0.3, 0.4) is 0 Å². The summed E-state index contributed by atoms with van der Waals surface area (Å²) in [6.07, 6.45) is -0.0299. The zero-order chi connectivity index (χ0) is 10.9. The molecule has 1 rings (SSSR count). The molecule has 0 amide bonds. The quantitative estimate of drug-likeness (QED) is 0.576. The van der Waals surface area contributed by atoms with E-state index in [0.29, 0.717) is 26.4 Å². The lowest BCUT2D eigenvalue weighted by atomic mass is 10.3. The Kier molecular flexibility index (Phi) is 6.87. The molecule has 1 aliphatic rings. The van der Waals surface area contributed by atoms with Gasteiger partial charge in [-0.25, -0.2) is 0 Å². The van der Waals surface area contributed by atoms with Crippen molar-refractivity contribution in [2.45, 2.75) is 6.10 Å². The first kappa shape index (κ1) is 12.9. The maximum absolute atomic E-state index is 8.95. The molecule has 0 radical (unpaired) electrons. The minimum absolute atomic E-state index is 0.0299. The van der Waals surface area contributed by atoms with E-state index in [1.807, 2.05) is 0 Å². The van der Waals surface area contributed by atoms with Gasteiger partial charge in [-0.05, 0) is 0 Å². The van der Waals surface area contributed by atoms with Gasteiger partial charge >= 0.3 is 0 Å². The van der Waals surface area contributed by atoms with Gasteiger partial charge in [0.1, 0.15) is 0 Å². The van der Waals surface area contributed by atoms with Gasteiger partial charge in [0.25, 0.3) is 0 Å². The average Bonchev–Trinajstić information content (AvgIpc) is 2.29.